The summed E-state index contributed by atoms with van der Waals surface area (Å²) in [7, 11) is 0. The lowest BCUT2D eigenvalue weighted by atomic mass is 9.88. The summed E-state index contributed by atoms with van der Waals surface area (Å²) >= 11 is 0. The van der Waals surface area contributed by atoms with Crippen LogP contribution in [0.15, 0.2) is 11.6 Å². The molecule has 1 heterocycles. The average molecular weight is 182 g/mol. The quantitative estimate of drug-likeness (QED) is 0.490. The van der Waals surface area contributed by atoms with Crippen molar-refractivity contribution >= 4 is 12.3 Å². The first-order valence-corrected chi connectivity index (χ1v) is 4.36. The minimum atomic E-state index is -0.595. The molecule has 2 atom stereocenters. The first-order valence-electron chi connectivity index (χ1n) is 4.36. The van der Waals surface area contributed by atoms with Gasteiger partial charge in [-0.25, -0.2) is 4.79 Å². The van der Waals surface area contributed by atoms with E-state index < -0.39 is 5.60 Å². The second kappa shape index (κ2) is 3.32. The Balaban J connectivity index is 2.79. The van der Waals surface area contributed by atoms with Crippen LogP contribution >= 0.6 is 0 Å². The molecule has 0 aliphatic carbocycles. The molecule has 3 heteroatoms. The van der Waals surface area contributed by atoms with E-state index in [-0.39, 0.29) is 11.9 Å². The highest BCUT2D eigenvalue weighted by molar-refractivity contribution is 5.90. The summed E-state index contributed by atoms with van der Waals surface area (Å²) in [5.41, 5.74) is 0.0301. The van der Waals surface area contributed by atoms with Crippen LogP contribution in [-0.2, 0) is 14.3 Å². The molecule has 0 radical (unpaired) electrons. The Labute approximate surface area is 77.8 Å². The smallest absolute Gasteiger partial charge is 0.334 e. The molecule has 0 fully saturated rings. The molecule has 0 spiro atoms. The van der Waals surface area contributed by atoms with E-state index in [2.05, 4.69) is 0 Å². The van der Waals surface area contributed by atoms with Crippen LogP contribution in [0.25, 0.3) is 0 Å². The van der Waals surface area contributed by atoms with Gasteiger partial charge in [0.25, 0.3) is 0 Å². The maximum absolute atomic E-state index is 11.1. The Bertz CT molecular complexity index is 267. The zero-order valence-electron chi connectivity index (χ0n) is 8.16. The maximum Gasteiger partial charge on any atom is 0.334 e. The Hall–Kier alpha value is -1.12. The third kappa shape index (κ3) is 1.79. The van der Waals surface area contributed by atoms with Crippen LogP contribution in [-0.4, -0.2) is 17.9 Å². The van der Waals surface area contributed by atoms with Crippen molar-refractivity contribution in [2.45, 2.75) is 32.8 Å². The fraction of sp³-hybridized carbons (Fsp3) is 0.600. The van der Waals surface area contributed by atoms with Crippen molar-refractivity contribution in [2.24, 2.45) is 5.92 Å². The van der Waals surface area contributed by atoms with Crippen LogP contribution in [0.2, 0.25) is 0 Å². The molecule has 1 unspecified atom stereocenters. The molecule has 1 rings (SSSR count). The van der Waals surface area contributed by atoms with Crippen LogP contribution < -0.4 is 0 Å². The van der Waals surface area contributed by atoms with Gasteiger partial charge in [-0.1, -0.05) is 6.92 Å². The van der Waals surface area contributed by atoms with Crippen molar-refractivity contribution in [3.63, 3.8) is 0 Å². The predicted octanol–water partition coefficient (Wildman–Crippen LogP) is 1.47. The number of carbonyl (C=O) groups excluding carboxylic acids is 2. The van der Waals surface area contributed by atoms with Gasteiger partial charge < -0.3 is 9.53 Å². The lowest BCUT2D eigenvalue weighted by molar-refractivity contribution is -0.149. The van der Waals surface area contributed by atoms with Gasteiger partial charge in [0.1, 0.15) is 11.9 Å². The van der Waals surface area contributed by atoms with Gasteiger partial charge in [0, 0.05) is 17.9 Å². The van der Waals surface area contributed by atoms with Crippen LogP contribution in [0.4, 0.5) is 0 Å². The van der Waals surface area contributed by atoms with Gasteiger partial charge in [-0.15, -0.1) is 0 Å². The fourth-order valence-electron chi connectivity index (χ4n) is 1.42. The van der Waals surface area contributed by atoms with E-state index >= 15 is 0 Å². The van der Waals surface area contributed by atoms with Gasteiger partial charge in [-0.2, -0.15) is 0 Å². The van der Waals surface area contributed by atoms with Gasteiger partial charge in [0.05, 0.1) is 0 Å². The molecule has 0 saturated heterocycles. The van der Waals surface area contributed by atoms with E-state index in [0.717, 1.165) is 6.29 Å². The summed E-state index contributed by atoms with van der Waals surface area (Å²) in [5.74, 6) is -0.244. The number of aldehydes is 1. The third-order valence-electron chi connectivity index (χ3n) is 2.57. The van der Waals surface area contributed by atoms with Crippen LogP contribution in [0.5, 0.6) is 0 Å². The zero-order valence-corrected chi connectivity index (χ0v) is 8.16. The summed E-state index contributed by atoms with van der Waals surface area (Å²) in [4.78, 5) is 21.4. The van der Waals surface area contributed by atoms with Crippen molar-refractivity contribution < 1.29 is 14.3 Å². The Kier molecular flexibility index (Phi) is 2.55. The Morgan fingerprint density at radius 1 is 1.69 bits per heavy atom. The highest BCUT2D eigenvalue weighted by atomic mass is 16.6. The topological polar surface area (TPSA) is 43.4 Å². The number of carbonyl (C=O) groups is 2. The van der Waals surface area contributed by atoms with E-state index in [1.54, 1.807) is 13.0 Å². The lowest BCUT2D eigenvalue weighted by Crippen LogP contribution is -2.32. The molecule has 0 aromatic heterocycles. The standard InChI is InChI=1S/C10H14O3/c1-7-6-10(3,13-9(7)12)8(2)4-5-11/h5-6,8H,4H2,1-3H3/t8-,10?/m1/s1. The van der Waals surface area contributed by atoms with Crippen LogP contribution in [0.1, 0.15) is 27.2 Å². The average Bonchev–Trinajstić information content (AvgIpc) is 2.28. The minimum Gasteiger partial charge on any atom is -0.451 e. The summed E-state index contributed by atoms with van der Waals surface area (Å²) in [6.45, 7) is 5.45. The van der Waals surface area contributed by atoms with Crippen molar-refractivity contribution in [2.75, 3.05) is 0 Å². The van der Waals surface area contributed by atoms with Gasteiger partial charge in [0.2, 0.25) is 0 Å². The first-order chi connectivity index (χ1) is 5.99. The highest BCUT2D eigenvalue weighted by Crippen LogP contribution is 2.32. The molecule has 3 nitrogen and oxygen atoms in total. The van der Waals surface area contributed by atoms with Gasteiger partial charge >= 0.3 is 5.97 Å². The predicted molar refractivity (Wildman–Crippen MR) is 48.1 cm³/mol. The highest BCUT2D eigenvalue weighted by Gasteiger charge is 2.38. The van der Waals surface area contributed by atoms with Crippen molar-refractivity contribution in [1.29, 1.82) is 0 Å². The molecule has 0 bridgehead atoms. The second-order valence-electron chi connectivity index (χ2n) is 3.70. The number of rotatable bonds is 3. The maximum atomic E-state index is 11.1. The number of esters is 1. The van der Waals surface area contributed by atoms with Gasteiger partial charge in [-0.3, -0.25) is 0 Å². The monoisotopic (exact) mass is 182 g/mol. The lowest BCUT2D eigenvalue weighted by Gasteiger charge is -2.27. The Morgan fingerprint density at radius 2 is 2.31 bits per heavy atom. The number of ether oxygens (including phenoxy) is 1. The number of hydrogen-bond acceptors (Lipinski definition) is 3. The summed E-state index contributed by atoms with van der Waals surface area (Å²) in [6.07, 6.45) is 3.06. The van der Waals surface area contributed by atoms with E-state index in [9.17, 15) is 9.59 Å². The van der Waals surface area contributed by atoms with E-state index in [4.69, 9.17) is 4.74 Å². The summed E-state index contributed by atoms with van der Waals surface area (Å²) < 4.78 is 5.18. The van der Waals surface area contributed by atoms with E-state index in [1.807, 2.05) is 13.8 Å². The second-order valence-corrected chi connectivity index (χ2v) is 3.70. The third-order valence-corrected chi connectivity index (χ3v) is 2.57. The summed E-state index contributed by atoms with van der Waals surface area (Å²) in [5, 5.41) is 0. The van der Waals surface area contributed by atoms with Gasteiger partial charge in [0.15, 0.2) is 0 Å². The molecule has 0 saturated carbocycles. The number of cyclic esters (lactones) is 1. The molecule has 72 valence electrons. The molecule has 1 aliphatic rings. The van der Waals surface area contributed by atoms with Crippen LogP contribution in [0.3, 0.4) is 0 Å². The molecule has 1 aliphatic heterocycles. The molecular weight excluding hydrogens is 168 g/mol. The van der Waals surface area contributed by atoms with E-state index in [0.29, 0.717) is 12.0 Å². The number of hydrogen-bond donors (Lipinski definition) is 0. The Morgan fingerprint density at radius 3 is 2.69 bits per heavy atom. The molecule has 0 aromatic rings. The van der Waals surface area contributed by atoms with Crippen molar-refractivity contribution in [3.05, 3.63) is 11.6 Å². The summed E-state index contributed by atoms with van der Waals surface area (Å²) in [6, 6.07) is 0. The minimum absolute atomic E-state index is 0.0337. The fourth-order valence-corrected chi connectivity index (χ4v) is 1.42. The van der Waals surface area contributed by atoms with Crippen molar-refractivity contribution in [1.82, 2.24) is 0 Å². The molecule has 0 N–H and O–H groups in total. The SMILES string of the molecule is CC1=CC(C)([C@H](C)CC=O)OC1=O. The molecular formula is C10H14O3. The van der Waals surface area contributed by atoms with Crippen molar-refractivity contribution in [3.8, 4) is 0 Å². The largest absolute Gasteiger partial charge is 0.451 e. The zero-order chi connectivity index (χ0) is 10.1. The van der Waals surface area contributed by atoms with E-state index in [1.165, 1.54) is 0 Å². The normalized spacial score (nSPS) is 29.5. The molecule has 0 aromatic carbocycles. The van der Waals surface area contributed by atoms with Crippen LogP contribution in [0, 0.1) is 5.92 Å². The van der Waals surface area contributed by atoms with Gasteiger partial charge in [-0.05, 0) is 19.9 Å². The first kappa shape index (κ1) is 9.96. The molecule has 13 heavy (non-hydrogen) atoms. The molecule has 0 amide bonds.